The van der Waals surface area contributed by atoms with Crippen LogP contribution in [0.5, 0.6) is 0 Å². The van der Waals surface area contributed by atoms with E-state index in [1.165, 1.54) is 5.56 Å². The highest BCUT2D eigenvalue weighted by atomic mass is 16.4. The fraction of sp³-hybridized carbons (Fsp3) is 0.500. The lowest BCUT2D eigenvalue weighted by molar-refractivity contribution is -0.141. The van der Waals surface area contributed by atoms with Crippen LogP contribution in [-0.4, -0.2) is 11.1 Å². The molecule has 1 rings (SSSR count). The maximum atomic E-state index is 10.9. The molecule has 2 atom stereocenters. The maximum absolute atomic E-state index is 10.9. The Morgan fingerprint density at radius 2 is 1.75 bits per heavy atom. The van der Waals surface area contributed by atoms with Crippen molar-refractivity contribution < 1.29 is 9.90 Å². The molecule has 0 saturated heterocycles. The molecular formula is C14H20O2. The first-order valence-corrected chi connectivity index (χ1v) is 5.80. The number of hydrogen-bond acceptors (Lipinski definition) is 1. The predicted octanol–water partition coefficient (Wildman–Crippen LogP) is 3.54. The van der Waals surface area contributed by atoms with Crippen LogP contribution in [0.3, 0.4) is 0 Å². The lowest BCUT2D eigenvalue weighted by Crippen LogP contribution is -2.17. The van der Waals surface area contributed by atoms with Crippen molar-refractivity contribution in [2.24, 2.45) is 11.8 Å². The Hall–Kier alpha value is -1.31. The summed E-state index contributed by atoms with van der Waals surface area (Å²) in [6, 6.07) is 10.2. The summed E-state index contributed by atoms with van der Waals surface area (Å²) < 4.78 is 0. The van der Waals surface area contributed by atoms with E-state index in [-0.39, 0.29) is 5.92 Å². The van der Waals surface area contributed by atoms with Crippen LogP contribution >= 0.6 is 0 Å². The second kappa shape index (κ2) is 5.69. The van der Waals surface area contributed by atoms with Crippen LogP contribution in [0.1, 0.15) is 38.7 Å². The molecule has 88 valence electrons. The van der Waals surface area contributed by atoms with Gasteiger partial charge < -0.3 is 5.11 Å². The van der Waals surface area contributed by atoms with Gasteiger partial charge in [-0.2, -0.15) is 0 Å². The summed E-state index contributed by atoms with van der Waals surface area (Å²) in [7, 11) is 0. The third-order valence-electron chi connectivity index (χ3n) is 3.06. The number of hydrogen-bond donors (Lipinski definition) is 1. The molecule has 0 aliphatic heterocycles. The smallest absolute Gasteiger partial charge is 0.306 e. The first-order chi connectivity index (χ1) is 7.52. The zero-order chi connectivity index (χ0) is 12.1. The Balaban J connectivity index is 2.81. The molecule has 0 spiro atoms. The number of benzene rings is 1. The summed E-state index contributed by atoms with van der Waals surface area (Å²) in [5.41, 5.74) is 1.24. The molecule has 0 aliphatic carbocycles. The van der Waals surface area contributed by atoms with E-state index >= 15 is 0 Å². The minimum Gasteiger partial charge on any atom is -0.481 e. The molecule has 1 N–H and O–H groups in total. The van der Waals surface area contributed by atoms with Gasteiger partial charge in [-0.1, -0.05) is 51.1 Å². The monoisotopic (exact) mass is 220 g/mol. The van der Waals surface area contributed by atoms with Gasteiger partial charge in [0.05, 0.1) is 5.92 Å². The Morgan fingerprint density at radius 3 is 2.19 bits per heavy atom. The number of carboxylic acid groups (broad SMARTS) is 1. The number of carboxylic acids is 1. The number of carbonyl (C=O) groups is 1. The number of rotatable bonds is 5. The molecule has 2 heteroatoms. The van der Waals surface area contributed by atoms with Gasteiger partial charge >= 0.3 is 5.97 Å². The third kappa shape index (κ3) is 3.37. The molecule has 0 bridgehead atoms. The van der Waals surface area contributed by atoms with E-state index in [0.29, 0.717) is 18.3 Å². The second-order valence-electron chi connectivity index (χ2n) is 4.74. The van der Waals surface area contributed by atoms with E-state index in [4.69, 9.17) is 5.11 Å². The van der Waals surface area contributed by atoms with Crippen LogP contribution in [0.15, 0.2) is 30.3 Å². The molecule has 0 radical (unpaired) electrons. The van der Waals surface area contributed by atoms with Gasteiger partial charge in [0.25, 0.3) is 0 Å². The van der Waals surface area contributed by atoms with E-state index in [0.717, 1.165) is 0 Å². The molecule has 0 saturated carbocycles. The second-order valence-corrected chi connectivity index (χ2v) is 4.74. The van der Waals surface area contributed by atoms with E-state index in [9.17, 15) is 4.79 Å². The van der Waals surface area contributed by atoms with E-state index in [2.05, 4.69) is 26.0 Å². The van der Waals surface area contributed by atoms with Crippen LogP contribution in [0.25, 0.3) is 0 Å². The summed E-state index contributed by atoms with van der Waals surface area (Å²) in [6.45, 7) is 6.07. The van der Waals surface area contributed by atoms with Gasteiger partial charge in [0.15, 0.2) is 0 Å². The lowest BCUT2D eigenvalue weighted by Gasteiger charge is -2.23. The number of aliphatic carboxylic acids is 1. The summed E-state index contributed by atoms with van der Waals surface area (Å²) in [6.07, 6.45) is 0.705. The highest BCUT2D eigenvalue weighted by molar-refractivity contribution is 5.69. The molecule has 2 unspecified atom stereocenters. The molecule has 0 aromatic heterocycles. The SMILES string of the molecule is CC(CC(c1ccccc1)C(C)C)C(=O)O. The molecule has 1 aromatic carbocycles. The van der Waals surface area contributed by atoms with Crippen LogP contribution in [0.2, 0.25) is 0 Å². The molecule has 1 aromatic rings. The molecule has 0 aliphatic rings. The summed E-state index contributed by atoms with van der Waals surface area (Å²) in [5, 5.41) is 8.96. The summed E-state index contributed by atoms with van der Waals surface area (Å²) in [4.78, 5) is 10.9. The molecule has 0 fully saturated rings. The first-order valence-electron chi connectivity index (χ1n) is 5.80. The Morgan fingerprint density at radius 1 is 1.19 bits per heavy atom. The van der Waals surface area contributed by atoms with Crippen LogP contribution < -0.4 is 0 Å². The minimum absolute atomic E-state index is 0.285. The Kier molecular flexibility index (Phi) is 4.53. The van der Waals surface area contributed by atoms with Crippen LogP contribution in [-0.2, 0) is 4.79 Å². The molecule has 0 heterocycles. The van der Waals surface area contributed by atoms with Gasteiger partial charge in [0.1, 0.15) is 0 Å². The normalized spacial score (nSPS) is 14.8. The molecule has 16 heavy (non-hydrogen) atoms. The quantitative estimate of drug-likeness (QED) is 0.824. The zero-order valence-electron chi connectivity index (χ0n) is 10.2. The predicted molar refractivity (Wildman–Crippen MR) is 65.4 cm³/mol. The van der Waals surface area contributed by atoms with Crippen molar-refractivity contribution in [1.82, 2.24) is 0 Å². The minimum atomic E-state index is -0.707. The lowest BCUT2D eigenvalue weighted by atomic mass is 9.82. The first kappa shape index (κ1) is 12.8. The fourth-order valence-electron chi connectivity index (χ4n) is 1.98. The highest BCUT2D eigenvalue weighted by Gasteiger charge is 2.22. The van der Waals surface area contributed by atoms with Crippen molar-refractivity contribution in [3.8, 4) is 0 Å². The molecule has 2 nitrogen and oxygen atoms in total. The molecular weight excluding hydrogens is 200 g/mol. The standard InChI is InChI=1S/C14H20O2/c1-10(2)13(9-11(3)14(15)16)12-7-5-4-6-8-12/h4-8,10-11,13H,9H2,1-3H3,(H,15,16). The maximum Gasteiger partial charge on any atom is 0.306 e. The van der Waals surface area contributed by atoms with Gasteiger partial charge in [-0.3, -0.25) is 4.79 Å². The average Bonchev–Trinajstić information content (AvgIpc) is 2.26. The highest BCUT2D eigenvalue weighted by Crippen LogP contribution is 2.30. The third-order valence-corrected chi connectivity index (χ3v) is 3.06. The van der Waals surface area contributed by atoms with Gasteiger partial charge in [-0.15, -0.1) is 0 Å². The van der Waals surface area contributed by atoms with Crippen molar-refractivity contribution >= 4 is 5.97 Å². The van der Waals surface area contributed by atoms with Crippen LogP contribution in [0.4, 0.5) is 0 Å². The Bertz CT molecular complexity index is 330. The fourth-order valence-corrected chi connectivity index (χ4v) is 1.98. The van der Waals surface area contributed by atoms with Crippen LogP contribution in [0, 0.1) is 11.8 Å². The summed E-state index contributed by atoms with van der Waals surface area (Å²) in [5.74, 6) is -0.203. The van der Waals surface area contributed by atoms with Crippen molar-refractivity contribution in [2.75, 3.05) is 0 Å². The Labute approximate surface area is 97.3 Å². The van der Waals surface area contributed by atoms with Gasteiger partial charge in [0.2, 0.25) is 0 Å². The zero-order valence-corrected chi connectivity index (χ0v) is 10.2. The molecule has 0 amide bonds. The van der Waals surface area contributed by atoms with E-state index < -0.39 is 5.97 Å². The topological polar surface area (TPSA) is 37.3 Å². The van der Waals surface area contributed by atoms with Gasteiger partial charge in [-0.25, -0.2) is 0 Å². The van der Waals surface area contributed by atoms with Gasteiger partial charge in [-0.05, 0) is 23.8 Å². The largest absolute Gasteiger partial charge is 0.481 e. The van der Waals surface area contributed by atoms with Crippen molar-refractivity contribution in [3.05, 3.63) is 35.9 Å². The van der Waals surface area contributed by atoms with Gasteiger partial charge in [0, 0.05) is 0 Å². The van der Waals surface area contributed by atoms with Crippen molar-refractivity contribution in [3.63, 3.8) is 0 Å². The van der Waals surface area contributed by atoms with E-state index in [1.54, 1.807) is 6.92 Å². The van der Waals surface area contributed by atoms with Crippen molar-refractivity contribution in [2.45, 2.75) is 33.1 Å². The van der Waals surface area contributed by atoms with E-state index in [1.807, 2.05) is 18.2 Å². The van der Waals surface area contributed by atoms with Crippen molar-refractivity contribution in [1.29, 1.82) is 0 Å². The average molecular weight is 220 g/mol. The summed E-state index contributed by atoms with van der Waals surface area (Å²) >= 11 is 0.